The van der Waals surface area contributed by atoms with E-state index in [4.69, 9.17) is 4.74 Å². The average molecular weight is 178 g/mol. The lowest BCUT2D eigenvalue weighted by Crippen LogP contribution is -2.13. The van der Waals surface area contributed by atoms with Crippen molar-refractivity contribution >= 4 is 0 Å². The molecule has 0 aromatic heterocycles. The zero-order chi connectivity index (χ0) is 9.68. The fourth-order valence-electron chi connectivity index (χ4n) is 1.52. The molecule has 1 unspecified atom stereocenters. The van der Waals surface area contributed by atoms with Crippen molar-refractivity contribution in [1.82, 2.24) is 0 Å². The number of hydrogen-bond acceptors (Lipinski definition) is 1. The van der Waals surface area contributed by atoms with Crippen LogP contribution in [-0.2, 0) is 4.74 Å². The first-order chi connectivity index (χ1) is 6.27. The summed E-state index contributed by atoms with van der Waals surface area (Å²) in [4.78, 5) is 0. The van der Waals surface area contributed by atoms with E-state index in [0.717, 1.165) is 18.8 Å². The predicted molar refractivity (Wildman–Crippen MR) is 56.4 cm³/mol. The van der Waals surface area contributed by atoms with Gasteiger partial charge in [0.1, 0.15) is 5.76 Å². The van der Waals surface area contributed by atoms with Crippen LogP contribution in [0.15, 0.2) is 35.6 Å². The molecule has 0 aromatic carbocycles. The molecule has 72 valence electrons. The summed E-state index contributed by atoms with van der Waals surface area (Å²) in [6.45, 7) is 7.12. The van der Waals surface area contributed by atoms with Gasteiger partial charge in [0.05, 0.1) is 6.61 Å². The SMILES string of the molecule is C/C=C\C1=C(/C=C/C)OCC(C)C1. The summed E-state index contributed by atoms with van der Waals surface area (Å²) in [6.07, 6.45) is 9.41. The molecule has 0 radical (unpaired) electrons. The number of rotatable bonds is 2. The normalized spacial score (nSPS) is 24.4. The topological polar surface area (TPSA) is 9.23 Å². The van der Waals surface area contributed by atoms with Crippen LogP contribution in [0, 0.1) is 5.92 Å². The highest BCUT2D eigenvalue weighted by atomic mass is 16.5. The average Bonchev–Trinajstić information content (AvgIpc) is 2.10. The van der Waals surface area contributed by atoms with Crippen LogP contribution in [0.1, 0.15) is 27.2 Å². The second-order valence-corrected chi connectivity index (χ2v) is 3.51. The van der Waals surface area contributed by atoms with E-state index in [-0.39, 0.29) is 0 Å². The Bertz CT molecular complexity index is 246. The molecule has 0 aromatic rings. The minimum atomic E-state index is 0.639. The van der Waals surface area contributed by atoms with Crippen molar-refractivity contribution in [1.29, 1.82) is 0 Å². The van der Waals surface area contributed by atoms with Crippen molar-refractivity contribution in [2.24, 2.45) is 5.92 Å². The molecule has 1 aliphatic rings. The van der Waals surface area contributed by atoms with Gasteiger partial charge in [0.2, 0.25) is 0 Å². The van der Waals surface area contributed by atoms with Crippen LogP contribution < -0.4 is 0 Å². The van der Waals surface area contributed by atoms with Crippen molar-refractivity contribution in [3.05, 3.63) is 35.6 Å². The minimum Gasteiger partial charge on any atom is -0.493 e. The van der Waals surface area contributed by atoms with Crippen LogP contribution in [0.4, 0.5) is 0 Å². The highest BCUT2D eigenvalue weighted by Crippen LogP contribution is 2.25. The molecule has 0 fully saturated rings. The molecule has 0 bridgehead atoms. The molecule has 1 heteroatoms. The van der Waals surface area contributed by atoms with Crippen molar-refractivity contribution in [2.75, 3.05) is 6.61 Å². The Morgan fingerprint density at radius 3 is 2.54 bits per heavy atom. The van der Waals surface area contributed by atoms with E-state index < -0.39 is 0 Å². The Kier molecular flexibility index (Phi) is 3.81. The maximum atomic E-state index is 5.64. The summed E-state index contributed by atoms with van der Waals surface area (Å²) in [6, 6.07) is 0. The van der Waals surface area contributed by atoms with Gasteiger partial charge in [-0.3, -0.25) is 0 Å². The third-order valence-corrected chi connectivity index (χ3v) is 2.09. The number of hydrogen-bond donors (Lipinski definition) is 0. The maximum Gasteiger partial charge on any atom is 0.122 e. The van der Waals surface area contributed by atoms with E-state index in [0.29, 0.717) is 5.92 Å². The zero-order valence-electron chi connectivity index (χ0n) is 8.71. The van der Waals surface area contributed by atoms with Crippen molar-refractivity contribution in [3.8, 4) is 0 Å². The fraction of sp³-hybridized carbons (Fsp3) is 0.500. The first-order valence-electron chi connectivity index (χ1n) is 4.89. The molecule has 1 atom stereocenters. The van der Waals surface area contributed by atoms with Crippen LogP contribution in [0.25, 0.3) is 0 Å². The number of ether oxygens (including phenoxy) is 1. The standard InChI is InChI=1S/C12H18O/c1-4-6-11-8-10(3)9-13-12(11)7-5-2/h4-7,10H,8-9H2,1-3H3/b6-4-,7-5+. The molecule has 1 aliphatic heterocycles. The molecule has 0 aliphatic carbocycles. The molecular formula is C12H18O. The van der Waals surface area contributed by atoms with Crippen molar-refractivity contribution in [2.45, 2.75) is 27.2 Å². The molecule has 1 rings (SSSR count). The zero-order valence-corrected chi connectivity index (χ0v) is 8.71. The highest BCUT2D eigenvalue weighted by molar-refractivity contribution is 5.30. The monoisotopic (exact) mass is 178 g/mol. The van der Waals surface area contributed by atoms with Crippen LogP contribution in [0.2, 0.25) is 0 Å². The minimum absolute atomic E-state index is 0.639. The first-order valence-corrected chi connectivity index (χ1v) is 4.89. The number of allylic oxidation sites excluding steroid dienone is 5. The Balaban J connectivity index is 2.86. The van der Waals surface area contributed by atoms with Gasteiger partial charge in [0.25, 0.3) is 0 Å². The summed E-state index contributed by atoms with van der Waals surface area (Å²) in [5.41, 5.74) is 1.32. The van der Waals surface area contributed by atoms with E-state index in [2.05, 4.69) is 19.1 Å². The van der Waals surface area contributed by atoms with E-state index >= 15 is 0 Å². The van der Waals surface area contributed by atoms with Gasteiger partial charge in [0, 0.05) is 0 Å². The molecular weight excluding hydrogens is 160 g/mol. The molecule has 0 saturated heterocycles. The van der Waals surface area contributed by atoms with E-state index in [9.17, 15) is 0 Å². The van der Waals surface area contributed by atoms with Gasteiger partial charge in [-0.15, -0.1) is 0 Å². The van der Waals surface area contributed by atoms with Crippen molar-refractivity contribution in [3.63, 3.8) is 0 Å². The molecule has 13 heavy (non-hydrogen) atoms. The quantitative estimate of drug-likeness (QED) is 0.629. The molecule has 0 N–H and O–H groups in total. The van der Waals surface area contributed by atoms with E-state index in [1.54, 1.807) is 0 Å². The van der Waals surface area contributed by atoms with Gasteiger partial charge in [-0.05, 0) is 37.8 Å². The highest BCUT2D eigenvalue weighted by Gasteiger charge is 2.15. The van der Waals surface area contributed by atoms with Gasteiger partial charge in [-0.2, -0.15) is 0 Å². The first kappa shape index (κ1) is 10.1. The van der Waals surface area contributed by atoms with Crippen LogP contribution >= 0.6 is 0 Å². The fourth-order valence-corrected chi connectivity index (χ4v) is 1.52. The summed E-state index contributed by atoms with van der Waals surface area (Å²) in [7, 11) is 0. The summed E-state index contributed by atoms with van der Waals surface area (Å²) < 4.78 is 5.64. The Hall–Kier alpha value is -0.980. The second-order valence-electron chi connectivity index (χ2n) is 3.51. The van der Waals surface area contributed by atoms with Gasteiger partial charge < -0.3 is 4.74 Å². The van der Waals surface area contributed by atoms with Gasteiger partial charge >= 0.3 is 0 Å². The Labute approximate surface area is 80.8 Å². The lowest BCUT2D eigenvalue weighted by Gasteiger charge is -2.22. The second kappa shape index (κ2) is 4.90. The van der Waals surface area contributed by atoms with Gasteiger partial charge in [0.15, 0.2) is 0 Å². The lowest BCUT2D eigenvalue weighted by molar-refractivity contribution is 0.160. The predicted octanol–water partition coefficient (Wildman–Crippen LogP) is 3.45. The van der Waals surface area contributed by atoms with Gasteiger partial charge in [-0.25, -0.2) is 0 Å². The third kappa shape index (κ3) is 2.76. The smallest absolute Gasteiger partial charge is 0.122 e. The van der Waals surface area contributed by atoms with E-state index in [1.165, 1.54) is 5.57 Å². The summed E-state index contributed by atoms with van der Waals surface area (Å²) >= 11 is 0. The molecule has 0 spiro atoms. The Morgan fingerprint density at radius 2 is 1.92 bits per heavy atom. The third-order valence-electron chi connectivity index (χ3n) is 2.09. The molecule has 0 saturated carbocycles. The van der Waals surface area contributed by atoms with Crippen LogP contribution in [0.5, 0.6) is 0 Å². The lowest BCUT2D eigenvalue weighted by atomic mass is 9.98. The van der Waals surface area contributed by atoms with Gasteiger partial charge in [-0.1, -0.05) is 25.2 Å². The summed E-state index contributed by atoms with van der Waals surface area (Å²) in [5, 5.41) is 0. The van der Waals surface area contributed by atoms with Crippen LogP contribution in [-0.4, -0.2) is 6.61 Å². The Morgan fingerprint density at radius 1 is 1.23 bits per heavy atom. The largest absolute Gasteiger partial charge is 0.493 e. The molecule has 0 amide bonds. The molecule has 1 heterocycles. The molecule has 1 nitrogen and oxygen atoms in total. The van der Waals surface area contributed by atoms with Crippen LogP contribution in [0.3, 0.4) is 0 Å². The maximum absolute atomic E-state index is 5.64. The van der Waals surface area contributed by atoms with E-state index in [1.807, 2.05) is 26.0 Å². The van der Waals surface area contributed by atoms with Crippen molar-refractivity contribution < 1.29 is 4.74 Å². The summed E-state index contributed by atoms with van der Waals surface area (Å²) in [5.74, 6) is 1.68.